The molecular formula is C9H16O7. The Hall–Kier alpha value is -0.730. The molecule has 0 spiro atoms. The molecule has 1 aliphatic heterocycles. The number of rotatable bonds is 4. The van der Waals surface area contributed by atoms with Gasteiger partial charge in [-0.1, -0.05) is 0 Å². The number of ether oxygens (including phenoxy) is 2. The monoisotopic (exact) mass is 236 g/mol. The minimum atomic E-state index is -2.05. The summed E-state index contributed by atoms with van der Waals surface area (Å²) in [5.74, 6) is -2.50. The second-order valence-electron chi connectivity index (χ2n) is 4.13. The van der Waals surface area contributed by atoms with Crippen LogP contribution in [0, 0.1) is 0 Å². The van der Waals surface area contributed by atoms with Crippen LogP contribution in [0.25, 0.3) is 0 Å². The Labute approximate surface area is 92.2 Å². The SMILES string of the molecule is CC1(C)OC[C@@H]([C@@H](O)[C@H](O)[C@H](O)C(=O)O)O1. The van der Waals surface area contributed by atoms with Gasteiger partial charge in [-0.15, -0.1) is 0 Å². The summed E-state index contributed by atoms with van der Waals surface area (Å²) in [5, 5.41) is 36.5. The fourth-order valence-corrected chi connectivity index (χ4v) is 1.44. The first-order chi connectivity index (χ1) is 7.24. The highest BCUT2D eigenvalue weighted by Gasteiger charge is 2.42. The summed E-state index contributed by atoms with van der Waals surface area (Å²) in [5.41, 5.74) is 0. The van der Waals surface area contributed by atoms with Crippen LogP contribution in [0.2, 0.25) is 0 Å². The summed E-state index contributed by atoms with van der Waals surface area (Å²) in [6, 6.07) is 0. The van der Waals surface area contributed by atoms with E-state index >= 15 is 0 Å². The van der Waals surface area contributed by atoms with Crippen molar-refractivity contribution in [1.82, 2.24) is 0 Å². The summed E-state index contributed by atoms with van der Waals surface area (Å²) >= 11 is 0. The standard InChI is InChI=1S/C9H16O7/c1-9(2)15-3-4(16-9)5(10)6(11)7(12)8(13)14/h4-7,10-12H,3H2,1-2H3,(H,13,14)/t4-,5+,6-,7-/m0/s1. The van der Waals surface area contributed by atoms with Gasteiger partial charge in [-0.3, -0.25) is 0 Å². The molecule has 1 rings (SSSR count). The molecule has 0 aromatic rings. The molecule has 1 saturated heterocycles. The minimum Gasteiger partial charge on any atom is -0.479 e. The number of carbonyl (C=O) groups is 1. The number of aliphatic carboxylic acids is 1. The van der Waals surface area contributed by atoms with Crippen molar-refractivity contribution >= 4 is 5.97 Å². The third kappa shape index (κ3) is 2.89. The Morgan fingerprint density at radius 2 is 1.94 bits per heavy atom. The topological polar surface area (TPSA) is 116 Å². The van der Waals surface area contributed by atoms with E-state index < -0.39 is 36.2 Å². The fraction of sp³-hybridized carbons (Fsp3) is 0.889. The van der Waals surface area contributed by atoms with Crippen LogP contribution >= 0.6 is 0 Å². The van der Waals surface area contributed by atoms with Crippen LogP contribution in [0.3, 0.4) is 0 Å². The van der Waals surface area contributed by atoms with Gasteiger partial charge in [0.15, 0.2) is 11.9 Å². The van der Waals surface area contributed by atoms with Crippen LogP contribution in [0.4, 0.5) is 0 Å². The maximum Gasteiger partial charge on any atom is 0.335 e. The largest absolute Gasteiger partial charge is 0.479 e. The molecular weight excluding hydrogens is 220 g/mol. The van der Waals surface area contributed by atoms with E-state index in [9.17, 15) is 15.0 Å². The van der Waals surface area contributed by atoms with Gasteiger partial charge in [0.05, 0.1) is 6.61 Å². The van der Waals surface area contributed by atoms with Gasteiger partial charge in [-0.05, 0) is 13.8 Å². The van der Waals surface area contributed by atoms with Gasteiger partial charge in [0.25, 0.3) is 0 Å². The van der Waals surface area contributed by atoms with E-state index in [4.69, 9.17) is 19.7 Å². The maximum atomic E-state index is 10.4. The third-order valence-corrected chi connectivity index (χ3v) is 2.34. The highest BCUT2D eigenvalue weighted by Crippen LogP contribution is 2.25. The van der Waals surface area contributed by atoms with Gasteiger partial charge >= 0.3 is 5.97 Å². The quantitative estimate of drug-likeness (QED) is 0.460. The van der Waals surface area contributed by atoms with Crippen molar-refractivity contribution in [3.05, 3.63) is 0 Å². The van der Waals surface area contributed by atoms with E-state index in [0.29, 0.717) is 0 Å². The number of aliphatic hydroxyl groups excluding tert-OH is 3. The van der Waals surface area contributed by atoms with Crippen LogP contribution < -0.4 is 0 Å². The average molecular weight is 236 g/mol. The highest BCUT2D eigenvalue weighted by molar-refractivity contribution is 5.72. The molecule has 4 atom stereocenters. The fourth-order valence-electron chi connectivity index (χ4n) is 1.44. The molecule has 7 heteroatoms. The zero-order valence-corrected chi connectivity index (χ0v) is 9.03. The summed E-state index contributed by atoms with van der Waals surface area (Å²) in [4.78, 5) is 10.4. The van der Waals surface area contributed by atoms with Crippen molar-refractivity contribution < 1.29 is 34.7 Å². The Balaban J connectivity index is 2.58. The molecule has 1 aliphatic rings. The molecule has 0 unspecified atom stereocenters. The molecule has 94 valence electrons. The predicted molar refractivity (Wildman–Crippen MR) is 50.6 cm³/mol. The van der Waals surface area contributed by atoms with Crippen LogP contribution in [0.15, 0.2) is 0 Å². The van der Waals surface area contributed by atoms with Crippen LogP contribution in [0.1, 0.15) is 13.8 Å². The van der Waals surface area contributed by atoms with E-state index in [2.05, 4.69) is 0 Å². The van der Waals surface area contributed by atoms with Crippen molar-refractivity contribution in [1.29, 1.82) is 0 Å². The molecule has 0 bridgehead atoms. The number of carboxylic acids is 1. The first-order valence-corrected chi connectivity index (χ1v) is 4.83. The van der Waals surface area contributed by atoms with Crippen molar-refractivity contribution in [2.75, 3.05) is 6.61 Å². The van der Waals surface area contributed by atoms with E-state index in [1.807, 2.05) is 0 Å². The Bertz CT molecular complexity index is 265. The summed E-state index contributed by atoms with van der Waals surface area (Å²) < 4.78 is 10.4. The molecule has 0 radical (unpaired) electrons. The Morgan fingerprint density at radius 3 is 2.31 bits per heavy atom. The van der Waals surface area contributed by atoms with Gasteiger partial charge in [0.2, 0.25) is 0 Å². The van der Waals surface area contributed by atoms with Crippen LogP contribution in [0.5, 0.6) is 0 Å². The van der Waals surface area contributed by atoms with Crippen molar-refractivity contribution in [3.8, 4) is 0 Å². The first-order valence-electron chi connectivity index (χ1n) is 4.83. The Kier molecular flexibility index (Phi) is 3.87. The van der Waals surface area contributed by atoms with Crippen molar-refractivity contribution in [2.45, 2.75) is 44.1 Å². The lowest BCUT2D eigenvalue weighted by atomic mass is 10.0. The molecule has 0 aliphatic carbocycles. The van der Waals surface area contributed by atoms with Gasteiger partial charge in [0.1, 0.15) is 18.3 Å². The number of carboxylic acid groups (broad SMARTS) is 1. The maximum absolute atomic E-state index is 10.4. The van der Waals surface area contributed by atoms with E-state index in [1.165, 1.54) is 0 Å². The van der Waals surface area contributed by atoms with Gasteiger partial charge in [-0.25, -0.2) is 4.79 Å². The van der Waals surface area contributed by atoms with Crippen molar-refractivity contribution in [2.24, 2.45) is 0 Å². The molecule has 7 nitrogen and oxygen atoms in total. The van der Waals surface area contributed by atoms with Gasteiger partial charge in [0, 0.05) is 0 Å². The number of hydrogen-bond acceptors (Lipinski definition) is 6. The number of hydrogen-bond donors (Lipinski definition) is 4. The lowest BCUT2D eigenvalue weighted by Gasteiger charge is -2.25. The van der Waals surface area contributed by atoms with Crippen LogP contribution in [-0.2, 0) is 14.3 Å². The molecule has 1 heterocycles. The molecule has 0 amide bonds. The van der Waals surface area contributed by atoms with E-state index in [0.717, 1.165) is 0 Å². The van der Waals surface area contributed by atoms with E-state index in [1.54, 1.807) is 13.8 Å². The molecule has 0 saturated carbocycles. The molecule has 0 aromatic carbocycles. The Morgan fingerprint density at radius 1 is 1.38 bits per heavy atom. The smallest absolute Gasteiger partial charge is 0.335 e. The molecule has 16 heavy (non-hydrogen) atoms. The zero-order valence-electron chi connectivity index (χ0n) is 9.03. The summed E-state index contributed by atoms with van der Waals surface area (Å²) in [6.07, 6.45) is -6.26. The summed E-state index contributed by atoms with van der Waals surface area (Å²) in [7, 11) is 0. The lowest BCUT2D eigenvalue weighted by molar-refractivity contribution is -0.177. The zero-order chi connectivity index (χ0) is 12.5. The molecule has 0 aromatic heterocycles. The molecule has 1 fully saturated rings. The van der Waals surface area contributed by atoms with Gasteiger partial charge in [-0.2, -0.15) is 0 Å². The highest BCUT2D eigenvalue weighted by atomic mass is 16.7. The second-order valence-corrected chi connectivity index (χ2v) is 4.13. The lowest BCUT2D eigenvalue weighted by Crippen LogP contribution is -2.48. The summed E-state index contributed by atoms with van der Waals surface area (Å²) in [6.45, 7) is 3.27. The van der Waals surface area contributed by atoms with Crippen molar-refractivity contribution in [3.63, 3.8) is 0 Å². The third-order valence-electron chi connectivity index (χ3n) is 2.34. The second kappa shape index (κ2) is 4.64. The average Bonchev–Trinajstić information content (AvgIpc) is 2.55. The number of aliphatic hydroxyl groups is 3. The molecule has 4 N–H and O–H groups in total. The predicted octanol–water partition coefficient (Wildman–Crippen LogP) is -1.69. The van der Waals surface area contributed by atoms with Crippen LogP contribution in [-0.4, -0.2) is 63.2 Å². The first kappa shape index (κ1) is 13.3. The van der Waals surface area contributed by atoms with Gasteiger partial charge < -0.3 is 29.9 Å². The minimum absolute atomic E-state index is 0.0254. The van der Waals surface area contributed by atoms with E-state index in [-0.39, 0.29) is 6.61 Å². The normalized spacial score (nSPS) is 29.7.